The van der Waals surface area contributed by atoms with E-state index in [4.69, 9.17) is 5.11 Å². The van der Waals surface area contributed by atoms with Gasteiger partial charge in [-0.25, -0.2) is 9.78 Å². The molecule has 1 amide bonds. The number of amides is 1. The first kappa shape index (κ1) is 14.2. The quantitative estimate of drug-likeness (QED) is 0.907. The molecule has 1 aliphatic carbocycles. The van der Waals surface area contributed by atoms with Crippen LogP contribution in [0.15, 0.2) is 6.07 Å². The molecule has 0 saturated carbocycles. The minimum Gasteiger partial charge on any atom is -0.477 e. The summed E-state index contributed by atoms with van der Waals surface area (Å²) in [6, 6.07) is 1.97. The maximum Gasteiger partial charge on any atom is 0.347 e. The third kappa shape index (κ3) is 2.84. The summed E-state index contributed by atoms with van der Waals surface area (Å²) >= 11 is 2.66. The fourth-order valence-corrected chi connectivity index (χ4v) is 4.42. The van der Waals surface area contributed by atoms with Crippen LogP contribution in [0.25, 0.3) is 0 Å². The van der Waals surface area contributed by atoms with Crippen molar-refractivity contribution in [3.05, 3.63) is 37.0 Å². The van der Waals surface area contributed by atoms with Crippen LogP contribution in [0.4, 0.5) is 0 Å². The Morgan fingerprint density at radius 1 is 1.38 bits per heavy atom. The van der Waals surface area contributed by atoms with Crippen molar-refractivity contribution in [3.63, 3.8) is 0 Å². The number of aryl methyl sites for hydroxylation is 3. The molecule has 0 bridgehead atoms. The number of thiazole rings is 1. The van der Waals surface area contributed by atoms with Gasteiger partial charge in [-0.05, 0) is 37.8 Å². The molecule has 0 aliphatic heterocycles. The molecule has 0 saturated heterocycles. The second kappa shape index (κ2) is 5.57. The standard InChI is InChI=1S/C14H14N2O3S2/c1-7-12(14(18)19)21-11(16-7)6-15-13(17)10-5-8-3-2-4-9(8)20-10/h5H,2-4,6H2,1H3,(H,15,17)(H,18,19). The van der Waals surface area contributed by atoms with Crippen LogP contribution >= 0.6 is 22.7 Å². The lowest BCUT2D eigenvalue weighted by atomic mass is 10.2. The van der Waals surface area contributed by atoms with Crippen LogP contribution in [0.3, 0.4) is 0 Å². The summed E-state index contributed by atoms with van der Waals surface area (Å²) in [5.74, 6) is -1.09. The van der Waals surface area contributed by atoms with Gasteiger partial charge in [-0.3, -0.25) is 4.79 Å². The number of carbonyl (C=O) groups is 2. The van der Waals surface area contributed by atoms with Gasteiger partial charge in [0.25, 0.3) is 5.91 Å². The van der Waals surface area contributed by atoms with Crippen LogP contribution in [0, 0.1) is 6.92 Å². The Morgan fingerprint density at radius 3 is 2.86 bits per heavy atom. The molecular weight excluding hydrogens is 308 g/mol. The van der Waals surface area contributed by atoms with E-state index in [1.54, 1.807) is 18.3 Å². The third-order valence-corrected chi connectivity index (χ3v) is 5.79. The number of aromatic nitrogens is 1. The second-order valence-corrected chi connectivity index (χ2v) is 7.14. The van der Waals surface area contributed by atoms with Crippen molar-refractivity contribution in [2.45, 2.75) is 32.7 Å². The Morgan fingerprint density at radius 2 is 2.19 bits per heavy atom. The van der Waals surface area contributed by atoms with Crippen molar-refractivity contribution < 1.29 is 14.7 Å². The second-order valence-electron chi connectivity index (χ2n) is 4.92. The first-order chi connectivity index (χ1) is 10.0. The number of hydrogen-bond acceptors (Lipinski definition) is 5. The summed E-state index contributed by atoms with van der Waals surface area (Å²) in [6.07, 6.45) is 3.31. The maximum atomic E-state index is 12.1. The van der Waals surface area contributed by atoms with Gasteiger partial charge in [0.15, 0.2) is 0 Å². The SMILES string of the molecule is Cc1nc(CNC(=O)c2cc3c(s2)CCC3)sc1C(=O)O. The highest BCUT2D eigenvalue weighted by atomic mass is 32.1. The zero-order valence-corrected chi connectivity index (χ0v) is 13.1. The van der Waals surface area contributed by atoms with E-state index >= 15 is 0 Å². The fraction of sp³-hybridized carbons (Fsp3) is 0.357. The summed E-state index contributed by atoms with van der Waals surface area (Å²) in [5.41, 5.74) is 1.79. The van der Waals surface area contributed by atoms with Gasteiger partial charge in [-0.2, -0.15) is 0 Å². The predicted octanol–water partition coefficient (Wildman–Crippen LogP) is 2.63. The Hall–Kier alpha value is -1.73. The molecule has 1 aliphatic rings. The molecule has 0 radical (unpaired) electrons. The monoisotopic (exact) mass is 322 g/mol. The van der Waals surface area contributed by atoms with E-state index in [0.717, 1.165) is 29.1 Å². The van der Waals surface area contributed by atoms with E-state index in [1.165, 1.54) is 16.9 Å². The highest BCUT2D eigenvalue weighted by molar-refractivity contribution is 7.14. The van der Waals surface area contributed by atoms with Crippen molar-refractivity contribution in [3.8, 4) is 0 Å². The van der Waals surface area contributed by atoms with Crippen LogP contribution in [0.1, 0.15) is 46.9 Å². The minimum atomic E-state index is -0.975. The smallest absolute Gasteiger partial charge is 0.347 e. The Kier molecular flexibility index (Phi) is 3.77. The summed E-state index contributed by atoms with van der Waals surface area (Å²) in [4.78, 5) is 29.5. The number of carboxylic acid groups (broad SMARTS) is 1. The lowest BCUT2D eigenvalue weighted by Crippen LogP contribution is -2.21. The van der Waals surface area contributed by atoms with E-state index in [0.29, 0.717) is 10.7 Å². The average molecular weight is 322 g/mol. The molecule has 2 aromatic rings. The molecule has 0 aromatic carbocycles. The zero-order chi connectivity index (χ0) is 15.0. The van der Waals surface area contributed by atoms with E-state index < -0.39 is 5.97 Å². The summed E-state index contributed by atoms with van der Waals surface area (Å²) in [5, 5.41) is 12.4. The number of nitrogens with zero attached hydrogens (tertiary/aromatic N) is 1. The van der Waals surface area contributed by atoms with Gasteiger partial charge in [-0.1, -0.05) is 0 Å². The van der Waals surface area contributed by atoms with Crippen LogP contribution in [0.2, 0.25) is 0 Å². The topological polar surface area (TPSA) is 79.3 Å². The summed E-state index contributed by atoms with van der Waals surface area (Å²) in [7, 11) is 0. The molecular formula is C14H14N2O3S2. The number of rotatable bonds is 4. The van der Waals surface area contributed by atoms with Gasteiger partial charge < -0.3 is 10.4 Å². The Bertz CT molecular complexity index is 696. The van der Waals surface area contributed by atoms with Gasteiger partial charge in [0.05, 0.1) is 17.1 Å². The molecule has 0 spiro atoms. The van der Waals surface area contributed by atoms with Crippen molar-refractivity contribution in [1.29, 1.82) is 0 Å². The molecule has 110 valence electrons. The normalized spacial score (nSPS) is 13.2. The van der Waals surface area contributed by atoms with E-state index in [9.17, 15) is 9.59 Å². The Labute approximate surface area is 129 Å². The van der Waals surface area contributed by atoms with Crippen LogP contribution < -0.4 is 5.32 Å². The number of thiophene rings is 1. The number of nitrogens with one attached hydrogen (secondary N) is 1. The lowest BCUT2D eigenvalue weighted by Gasteiger charge is -2.00. The van der Waals surface area contributed by atoms with Crippen molar-refractivity contribution in [1.82, 2.24) is 10.3 Å². The molecule has 2 heterocycles. The van der Waals surface area contributed by atoms with E-state index in [-0.39, 0.29) is 17.3 Å². The highest BCUT2D eigenvalue weighted by Gasteiger charge is 2.19. The van der Waals surface area contributed by atoms with E-state index in [2.05, 4.69) is 10.3 Å². The molecule has 0 fully saturated rings. The number of carbonyl (C=O) groups excluding carboxylic acids is 1. The van der Waals surface area contributed by atoms with Crippen molar-refractivity contribution in [2.75, 3.05) is 0 Å². The zero-order valence-electron chi connectivity index (χ0n) is 11.4. The fourth-order valence-electron chi connectivity index (χ4n) is 2.41. The Balaban J connectivity index is 1.65. The molecule has 2 N–H and O–H groups in total. The van der Waals surface area contributed by atoms with Gasteiger partial charge >= 0.3 is 5.97 Å². The van der Waals surface area contributed by atoms with Gasteiger partial charge in [0.2, 0.25) is 0 Å². The minimum absolute atomic E-state index is 0.112. The third-order valence-electron chi connectivity index (χ3n) is 3.41. The molecule has 2 aromatic heterocycles. The summed E-state index contributed by atoms with van der Waals surface area (Å²) in [6.45, 7) is 1.93. The summed E-state index contributed by atoms with van der Waals surface area (Å²) < 4.78 is 0. The van der Waals surface area contributed by atoms with Crippen molar-refractivity contribution in [2.24, 2.45) is 0 Å². The molecule has 0 unspecified atom stereocenters. The van der Waals surface area contributed by atoms with Gasteiger partial charge in [0, 0.05) is 4.88 Å². The number of hydrogen-bond donors (Lipinski definition) is 2. The first-order valence-corrected chi connectivity index (χ1v) is 8.27. The van der Waals surface area contributed by atoms with Crippen LogP contribution in [-0.2, 0) is 19.4 Å². The largest absolute Gasteiger partial charge is 0.477 e. The lowest BCUT2D eigenvalue weighted by molar-refractivity contribution is 0.0701. The highest BCUT2D eigenvalue weighted by Crippen LogP contribution is 2.30. The van der Waals surface area contributed by atoms with E-state index in [1.807, 2.05) is 6.07 Å². The first-order valence-electron chi connectivity index (χ1n) is 6.64. The van der Waals surface area contributed by atoms with Gasteiger partial charge in [0.1, 0.15) is 9.88 Å². The number of aromatic carboxylic acids is 1. The molecule has 3 rings (SSSR count). The molecule has 21 heavy (non-hydrogen) atoms. The average Bonchev–Trinajstić information content (AvgIpc) is 3.08. The van der Waals surface area contributed by atoms with Gasteiger partial charge in [-0.15, -0.1) is 22.7 Å². The predicted molar refractivity (Wildman–Crippen MR) is 81.3 cm³/mol. The number of fused-ring (bicyclic) bond motifs is 1. The molecule has 5 nitrogen and oxygen atoms in total. The molecule has 0 atom stereocenters. The number of carboxylic acids is 1. The molecule has 7 heteroatoms. The van der Waals surface area contributed by atoms with Crippen LogP contribution in [0.5, 0.6) is 0 Å². The van der Waals surface area contributed by atoms with Crippen LogP contribution in [-0.4, -0.2) is 22.0 Å². The van der Waals surface area contributed by atoms with Crippen molar-refractivity contribution >= 4 is 34.6 Å². The maximum absolute atomic E-state index is 12.1.